The van der Waals surface area contributed by atoms with Crippen LogP contribution in [0.2, 0.25) is 10.0 Å². The van der Waals surface area contributed by atoms with E-state index >= 15 is 0 Å². The lowest BCUT2D eigenvalue weighted by molar-refractivity contribution is -0.120. The Balaban J connectivity index is 1.95. The highest BCUT2D eigenvalue weighted by atomic mass is 35.5. The van der Waals surface area contributed by atoms with E-state index in [9.17, 15) is 13.2 Å². The lowest BCUT2D eigenvalue weighted by Gasteiger charge is -2.27. The molecule has 0 fully saturated rings. The third-order valence-corrected chi connectivity index (χ3v) is 7.65. The van der Waals surface area contributed by atoms with E-state index in [0.29, 0.717) is 11.4 Å². The Kier molecular flexibility index (Phi) is 8.05. The molecule has 0 aliphatic rings. The molecule has 0 aliphatic heterocycles. The second-order valence-electron chi connectivity index (χ2n) is 7.81. The van der Waals surface area contributed by atoms with Gasteiger partial charge in [-0.05, 0) is 61.7 Å². The average Bonchev–Trinajstić information content (AvgIpc) is 2.77. The minimum absolute atomic E-state index is 0.0604. The van der Waals surface area contributed by atoms with Crippen molar-refractivity contribution in [2.24, 2.45) is 0 Å². The van der Waals surface area contributed by atoms with Crippen molar-refractivity contribution in [3.05, 3.63) is 93.5 Å². The lowest BCUT2D eigenvalue weighted by atomic mass is 9.97. The lowest BCUT2D eigenvalue weighted by Crippen LogP contribution is -2.42. The normalized spacial score (nSPS) is 12.3. The fourth-order valence-corrected chi connectivity index (χ4v) is 5.71. The predicted molar refractivity (Wildman–Crippen MR) is 135 cm³/mol. The van der Waals surface area contributed by atoms with E-state index in [2.05, 4.69) is 11.4 Å². The van der Waals surface area contributed by atoms with Crippen molar-refractivity contribution in [1.29, 1.82) is 0 Å². The van der Waals surface area contributed by atoms with E-state index in [4.69, 9.17) is 23.2 Å². The van der Waals surface area contributed by atoms with Crippen LogP contribution < -0.4 is 9.62 Å². The number of carbonyl (C=O) groups is 1. The number of hydrogen-bond donors (Lipinski definition) is 1. The summed E-state index contributed by atoms with van der Waals surface area (Å²) in [6.07, 6.45) is 0.656. The molecule has 0 aliphatic carbocycles. The summed E-state index contributed by atoms with van der Waals surface area (Å²) in [5, 5.41) is 3.49. The molecule has 5 nitrogen and oxygen atoms in total. The summed E-state index contributed by atoms with van der Waals surface area (Å²) in [7, 11) is -4.06. The Morgan fingerprint density at radius 2 is 1.70 bits per heavy atom. The molecule has 174 valence electrons. The summed E-state index contributed by atoms with van der Waals surface area (Å²) in [5.74, 6) is -0.438. The smallest absolute Gasteiger partial charge is 0.264 e. The summed E-state index contributed by atoms with van der Waals surface area (Å²) < 4.78 is 28.0. The van der Waals surface area contributed by atoms with E-state index in [-0.39, 0.29) is 21.6 Å². The van der Waals surface area contributed by atoms with Gasteiger partial charge in [0.25, 0.3) is 10.0 Å². The minimum Gasteiger partial charge on any atom is -0.348 e. The van der Waals surface area contributed by atoms with Crippen molar-refractivity contribution in [2.75, 3.05) is 10.8 Å². The largest absolute Gasteiger partial charge is 0.348 e. The van der Waals surface area contributed by atoms with E-state index in [1.807, 2.05) is 32.9 Å². The first kappa shape index (κ1) is 25.1. The van der Waals surface area contributed by atoms with Gasteiger partial charge < -0.3 is 5.32 Å². The zero-order valence-electron chi connectivity index (χ0n) is 18.7. The Labute approximate surface area is 205 Å². The van der Waals surface area contributed by atoms with Crippen LogP contribution >= 0.6 is 23.2 Å². The fraction of sp³-hybridized carbons (Fsp3) is 0.240. The van der Waals surface area contributed by atoms with Crippen LogP contribution in [0.25, 0.3) is 0 Å². The van der Waals surface area contributed by atoms with Crippen molar-refractivity contribution < 1.29 is 13.2 Å². The van der Waals surface area contributed by atoms with Crippen LogP contribution in [0, 0.1) is 13.8 Å². The van der Waals surface area contributed by atoms with Crippen molar-refractivity contribution in [1.82, 2.24) is 5.32 Å². The topological polar surface area (TPSA) is 66.5 Å². The van der Waals surface area contributed by atoms with E-state index < -0.39 is 22.5 Å². The molecule has 8 heteroatoms. The third-order valence-electron chi connectivity index (χ3n) is 5.34. The van der Waals surface area contributed by atoms with Crippen LogP contribution in [0.1, 0.15) is 36.1 Å². The molecule has 1 N–H and O–H groups in total. The number of sulfonamides is 1. The molecule has 33 heavy (non-hydrogen) atoms. The molecule has 0 bridgehead atoms. The molecule has 0 saturated heterocycles. The van der Waals surface area contributed by atoms with Gasteiger partial charge in [0.05, 0.1) is 21.6 Å². The van der Waals surface area contributed by atoms with E-state index in [1.54, 1.807) is 24.3 Å². The van der Waals surface area contributed by atoms with Crippen molar-refractivity contribution in [2.45, 2.75) is 38.1 Å². The molecular weight excluding hydrogens is 479 g/mol. The van der Waals surface area contributed by atoms with Crippen LogP contribution in [0.3, 0.4) is 0 Å². The van der Waals surface area contributed by atoms with Gasteiger partial charge in [-0.1, -0.05) is 72.1 Å². The molecular formula is C25H26Cl2N2O3S. The first-order chi connectivity index (χ1) is 15.6. The number of aryl methyl sites for hydroxylation is 2. The summed E-state index contributed by atoms with van der Waals surface area (Å²) in [5.41, 5.74) is 3.38. The van der Waals surface area contributed by atoms with Crippen molar-refractivity contribution >= 4 is 44.8 Å². The van der Waals surface area contributed by atoms with E-state index in [1.165, 1.54) is 24.3 Å². The van der Waals surface area contributed by atoms with Gasteiger partial charge in [0.2, 0.25) is 5.91 Å². The van der Waals surface area contributed by atoms with Crippen LogP contribution in [-0.2, 0) is 14.8 Å². The molecule has 1 unspecified atom stereocenters. The number of rotatable bonds is 8. The van der Waals surface area contributed by atoms with Gasteiger partial charge in [0.15, 0.2) is 0 Å². The maximum atomic E-state index is 13.5. The number of nitrogens with zero attached hydrogens (tertiary/aromatic N) is 1. The number of halogens is 2. The first-order valence-corrected chi connectivity index (χ1v) is 12.7. The van der Waals surface area contributed by atoms with Crippen LogP contribution in [0.4, 0.5) is 5.69 Å². The van der Waals surface area contributed by atoms with E-state index in [0.717, 1.165) is 21.0 Å². The molecule has 3 aromatic carbocycles. The highest BCUT2D eigenvalue weighted by molar-refractivity contribution is 7.92. The predicted octanol–water partition coefficient (Wildman–Crippen LogP) is 6.07. The van der Waals surface area contributed by atoms with Crippen molar-refractivity contribution in [3.63, 3.8) is 0 Å². The van der Waals surface area contributed by atoms with Gasteiger partial charge in [0.1, 0.15) is 6.54 Å². The first-order valence-electron chi connectivity index (χ1n) is 10.5. The zero-order chi connectivity index (χ0) is 24.2. The molecule has 0 spiro atoms. The summed E-state index contributed by atoms with van der Waals surface area (Å²) >= 11 is 12.4. The van der Waals surface area contributed by atoms with Crippen LogP contribution in [0.5, 0.6) is 0 Å². The van der Waals surface area contributed by atoms with Gasteiger partial charge in [-0.3, -0.25) is 9.10 Å². The van der Waals surface area contributed by atoms with Gasteiger partial charge in [-0.15, -0.1) is 0 Å². The number of carbonyl (C=O) groups excluding carboxylic acids is 1. The van der Waals surface area contributed by atoms with Crippen LogP contribution in [0.15, 0.2) is 71.6 Å². The maximum Gasteiger partial charge on any atom is 0.264 e. The highest BCUT2D eigenvalue weighted by Crippen LogP contribution is 2.32. The maximum absolute atomic E-state index is 13.5. The zero-order valence-corrected chi connectivity index (χ0v) is 21.0. The monoisotopic (exact) mass is 504 g/mol. The second kappa shape index (κ2) is 10.6. The Bertz CT molecular complexity index is 1250. The second-order valence-corrected chi connectivity index (χ2v) is 10.5. The van der Waals surface area contributed by atoms with Crippen molar-refractivity contribution in [3.8, 4) is 0 Å². The Morgan fingerprint density at radius 3 is 2.30 bits per heavy atom. The number of anilines is 1. The molecule has 0 radical (unpaired) electrons. The third kappa shape index (κ3) is 5.88. The molecule has 3 rings (SSSR count). The number of nitrogens with one attached hydrogen (secondary N) is 1. The summed E-state index contributed by atoms with van der Waals surface area (Å²) in [6.45, 7) is 5.55. The SMILES string of the molecule is CCC(NC(=O)CN(c1ccc(Cl)cc1Cl)S(=O)(=O)c1ccccc1)c1ccc(C)cc1C. The summed E-state index contributed by atoms with van der Waals surface area (Å²) in [4.78, 5) is 13.2. The Hall–Kier alpha value is -2.54. The Morgan fingerprint density at radius 1 is 1.00 bits per heavy atom. The molecule has 3 aromatic rings. The minimum atomic E-state index is -4.06. The van der Waals surface area contributed by atoms with Gasteiger partial charge in [-0.25, -0.2) is 8.42 Å². The molecule has 0 aromatic heterocycles. The molecule has 1 amide bonds. The molecule has 0 heterocycles. The summed E-state index contributed by atoms with van der Waals surface area (Å²) in [6, 6.07) is 18.2. The fourth-order valence-electron chi connectivity index (χ4n) is 3.69. The number of amides is 1. The number of benzene rings is 3. The van der Waals surface area contributed by atoms with Gasteiger partial charge in [0, 0.05) is 5.02 Å². The highest BCUT2D eigenvalue weighted by Gasteiger charge is 2.29. The standard InChI is InChI=1S/C25H26Cl2N2O3S/c1-4-23(21-12-10-17(2)14-18(21)3)28-25(30)16-29(24-13-11-19(26)15-22(24)27)33(31,32)20-8-6-5-7-9-20/h5-15,23H,4,16H2,1-3H3,(H,28,30). The van der Waals surface area contributed by atoms with Gasteiger partial charge >= 0.3 is 0 Å². The van der Waals surface area contributed by atoms with Crippen LogP contribution in [-0.4, -0.2) is 20.9 Å². The molecule has 1 atom stereocenters. The average molecular weight is 505 g/mol. The quantitative estimate of drug-likeness (QED) is 0.404. The number of hydrogen-bond acceptors (Lipinski definition) is 3. The van der Waals surface area contributed by atoms with Gasteiger partial charge in [-0.2, -0.15) is 0 Å². The molecule has 0 saturated carbocycles.